The Morgan fingerprint density at radius 3 is 2.70 bits per heavy atom. The Hall–Kier alpha value is -1.30. The number of carbonyl (C=O) groups excluding carboxylic acids is 1. The van der Waals surface area contributed by atoms with E-state index < -0.39 is 18.0 Å². The van der Waals surface area contributed by atoms with Crippen LogP contribution in [0.4, 0.5) is 4.79 Å². The van der Waals surface area contributed by atoms with Gasteiger partial charge in [0.25, 0.3) is 0 Å². The van der Waals surface area contributed by atoms with Gasteiger partial charge in [0.05, 0.1) is 12.1 Å². The van der Waals surface area contributed by atoms with E-state index in [2.05, 4.69) is 10.6 Å². The minimum absolute atomic E-state index is 0.0168. The van der Waals surface area contributed by atoms with Gasteiger partial charge in [-0.1, -0.05) is 19.8 Å². The molecule has 3 atom stereocenters. The van der Waals surface area contributed by atoms with E-state index in [1.165, 1.54) is 12.8 Å². The van der Waals surface area contributed by atoms with Crippen LogP contribution in [0.3, 0.4) is 0 Å². The highest BCUT2D eigenvalue weighted by atomic mass is 16.5. The molecule has 1 saturated heterocycles. The molecule has 6 heteroatoms. The lowest BCUT2D eigenvalue weighted by molar-refractivity contribution is -0.139. The fourth-order valence-corrected chi connectivity index (χ4v) is 2.69. The van der Waals surface area contributed by atoms with E-state index >= 15 is 0 Å². The van der Waals surface area contributed by atoms with Crippen LogP contribution >= 0.6 is 0 Å². The Labute approximate surface area is 119 Å². The zero-order chi connectivity index (χ0) is 14.5. The predicted octanol–water partition coefficient (Wildman–Crippen LogP) is 1.50. The van der Waals surface area contributed by atoms with Crippen molar-refractivity contribution in [1.29, 1.82) is 0 Å². The number of rotatable bonds is 7. The van der Waals surface area contributed by atoms with Gasteiger partial charge in [-0.05, 0) is 31.6 Å². The van der Waals surface area contributed by atoms with E-state index in [9.17, 15) is 9.59 Å². The third-order valence-electron chi connectivity index (χ3n) is 3.99. The molecule has 0 bridgehead atoms. The second-order valence-electron chi connectivity index (χ2n) is 5.72. The first-order chi connectivity index (χ1) is 9.61. The number of unbranched alkanes of at least 4 members (excludes halogenated alkanes) is 1. The van der Waals surface area contributed by atoms with Crippen LogP contribution in [-0.2, 0) is 9.53 Å². The summed E-state index contributed by atoms with van der Waals surface area (Å²) >= 11 is 0. The third kappa shape index (κ3) is 4.10. The van der Waals surface area contributed by atoms with E-state index in [0.717, 1.165) is 19.3 Å². The molecule has 114 valence electrons. The van der Waals surface area contributed by atoms with Gasteiger partial charge in [0.15, 0.2) is 0 Å². The van der Waals surface area contributed by atoms with E-state index in [-0.39, 0.29) is 12.1 Å². The SMILES string of the molecule is CCCC[C@H](NC(=O)NC1CCOC1C1CC1)C(=O)O. The molecule has 20 heavy (non-hydrogen) atoms. The van der Waals surface area contributed by atoms with Gasteiger partial charge >= 0.3 is 12.0 Å². The summed E-state index contributed by atoms with van der Waals surface area (Å²) < 4.78 is 5.65. The molecule has 0 aromatic rings. The molecule has 6 nitrogen and oxygen atoms in total. The van der Waals surface area contributed by atoms with Gasteiger partial charge in [0, 0.05) is 6.61 Å². The molecular weight excluding hydrogens is 260 g/mol. The van der Waals surface area contributed by atoms with E-state index in [0.29, 0.717) is 18.9 Å². The number of ether oxygens (including phenoxy) is 1. The lowest BCUT2D eigenvalue weighted by atomic mass is 10.1. The number of hydrogen-bond donors (Lipinski definition) is 3. The van der Waals surface area contributed by atoms with Gasteiger partial charge in [-0.2, -0.15) is 0 Å². The standard InChI is InChI=1S/C14H24N2O4/c1-2-3-4-11(13(17)18)16-14(19)15-10-7-8-20-12(10)9-5-6-9/h9-12H,2-8H2,1H3,(H,17,18)(H2,15,16,19)/t10?,11-,12?/m0/s1. The molecule has 1 aliphatic heterocycles. The first-order valence-corrected chi connectivity index (χ1v) is 7.53. The average molecular weight is 284 g/mol. The molecule has 2 fully saturated rings. The number of carboxylic acids is 1. The lowest BCUT2D eigenvalue weighted by Gasteiger charge is -2.21. The summed E-state index contributed by atoms with van der Waals surface area (Å²) in [5.74, 6) is -0.409. The normalized spacial score (nSPS) is 27.1. The van der Waals surface area contributed by atoms with E-state index in [1.54, 1.807) is 0 Å². The second-order valence-corrected chi connectivity index (χ2v) is 5.72. The minimum atomic E-state index is -0.977. The topological polar surface area (TPSA) is 87.7 Å². The monoisotopic (exact) mass is 284 g/mol. The molecular formula is C14H24N2O4. The van der Waals surface area contributed by atoms with Crippen molar-refractivity contribution in [3.05, 3.63) is 0 Å². The number of hydrogen-bond acceptors (Lipinski definition) is 3. The quantitative estimate of drug-likeness (QED) is 0.661. The molecule has 1 saturated carbocycles. The van der Waals surface area contributed by atoms with Crippen molar-refractivity contribution >= 4 is 12.0 Å². The first-order valence-electron chi connectivity index (χ1n) is 7.53. The van der Waals surface area contributed by atoms with Crippen LogP contribution in [0.2, 0.25) is 0 Å². The van der Waals surface area contributed by atoms with Crippen LogP contribution in [0.1, 0.15) is 45.4 Å². The van der Waals surface area contributed by atoms with Crippen molar-refractivity contribution in [2.75, 3.05) is 6.61 Å². The third-order valence-corrected chi connectivity index (χ3v) is 3.99. The van der Waals surface area contributed by atoms with Crippen LogP contribution < -0.4 is 10.6 Å². The number of aliphatic carboxylic acids is 1. The predicted molar refractivity (Wildman–Crippen MR) is 73.5 cm³/mol. The summed E-state index contributed by atoms with van der Waals surface area (Å²) in [4.78, 5) is 23.0. The highest BCUT2D eigenvalue weighted by Crippen LogP contribution is 2.38. The Bertz CT molecular complexity index is 357. The number of nitrogens with one attached hydrogen (secondary N) is 2. The van der Waals surface area contributed by atoms with Gasteiger partial charge in [0.1, 0.15) is 6.04 Å². The Morgan fingerprint density at radius 2 is 2.10 bits per heavy atom. The molecule has 3 N–H and O–H groups in total. The van der Waals surface area contributed by atoms with Crippen molar-refractivity contribution in [3.8, 4) is 0 Å². The van der Waals surface area contributed by atoms with Crippen molar-refractivity contribution in [3.63, 3.8) is 0 Å². The second kappa shape index (κ2) is 6.92. The fourth-order valence-electron chi connectivity index (χ4n) is 2.69. The Kier molecular flexibility index (Phi) is 5.23. The maximum atomic E-state index is 11.9. The van der Waals surface area contributed by atoms with Gasteiger partial charge < -0.3 is 20.5 Å². The molecule has 1 heterocycles. The van der Waals surface area contributed by atoms with Crippen molar-refractivity contribution in [1.82, 2.24) is 10.6 Å². The maximum absolute atomic E-state index is 11.9. The molecule has 2 rings (SSSR count). The summed E-state index contributed by atoms with van der Waals surface area (Å²) in [6.07, 6.45) is 5.41. The highest BCUT2D eigenvalue weighted by Gasteiger charge is 2.41. The molecule has 2 amide bonds. The Morgan fingerprint density at radius 1 is 1.35 bits per heavy atom. The van der Waals surface area contributed by atoms with Gasteiger partial charge in [0.2, 0.25) is 0 Å². The number of amides is 2. The van der Waals surface area contributed by atoms with Gasteiger partial charge in [-0.3, -0.25) is 0 Å². The van der Waals surface area contributed by atoms with Crippen LogP contribution in [0.15, 0.2) is 0 Å². The Balaban J connectivity index is 1.79. The minimum Gasteiger partial charge on any atom is -0.480 e. The summed E-state index contributed by atoms with van der Waals surface area (Å²) in [6.45, 7) is 2.67. The van der Waals surface area contributed by atoms with E-state index in [4.69, 9.17) is 9.84 Å². The van der Waals surface area contributed by atoms with Gasteiger partial charge in [-0.25, -0.2) is 9.59 Å². The van der Waals surface area contributed by atoms with Gasteiger partial charge in [-0.15, -0.1) is 0 Å². The molecule has 2 aliphatic rings. The lowest BCUT2D eigenvalue weighted by Crippen LogP contribution is -2.51. The van der Waals surface area contributed by atoms with E-state index in [1.807, 2.05) is 6.92 Å². The fraction of sp³-hybridized carbons (Fsp3) is 0.857. The molecule has 0 radical (unpaired) electrons. The number of carbonyl (C=O) groups is 2. The summed E-state index contributed by atoms with van der Waals surface area (Å²) in [7, 11) is 0. The summed E-state index contributed by atoms with van der Waals surface area (Å²) in [5.41, 5.74) is 0. The van der Waals surface area contributed by atoms with Crippen LogP contribution in [0, 0.1) is 5.92 Å². The zero-order valence-corrected chi connectivity index (χ0v) is 11.9. The van der Waals surface area contributed by atoms with Crippen LogP contribution in [0.5, 0.6) is 0 Å². The maximum Gasteiger partial charge on any atom is 0.326 e. The van der Waals surface area contributed by atoms with Crippen LogP contribution in [-0.4, -0.2) is 41.9 Å². The van der Waals surface area contributed by atoms with Crippen molar-refractivity contribution in [2.24, 2.45) is 5.92 Å². The smallest absolute Gasteiger partial charge is 0.326 e. The molecule has 1 aliphatic carbocycles. The van der Waals surface area contributed by atoms with Crippen LogP contribution in [0.25, 0.3) is 0 Å². The van der Waals surface area contributed by atoms with Crippen molar-refractivity contribution in [2.45, 2.75) is 63.6 Å². The van der Waals surface area contributed by atoms with Crippen molar-refractivity contribution < 1.29 is 19.4 Å². The average Bonchev–Trinajstić information content (AvgIpc) is 3.15. The zero-order valence-electron chi connectivity index (χ0n) is 11.9. The first kappa shape index (κ1) is 15.1. The molecule has 0 aromatic carbocycles. The highest BCUT2D eigenvalue weighted by molar-refractivity contribution is 5.82. The number of carboxylic acid groups (broad SMARTS) is 1. The number of urea groups is 1. The summed E-state index contributed by atoms with van der Waals surface area (Å²) in [5, 5.41) is 14.5. The molecule has 0 aromatic heterocycles. The molecule has 0 spiro atoms. The largest absolute Gasteiger partial charge is 0.480 e. The summed E-state index contributed by atoms with van der Waals surface area (Å²) in [6, 6.07) is -1.19. The molecule has 2 unspecified atom stereocenters.